The third-order valence-electron chi connectivity index (χ3n) is 3.03. The molecule has 0 radical (unpaired) electrons. The second kappa shape index (κ2) is 5.65. The molecular weight excluding hydrogens is 250 g/mol. The van der Waals surface area contributed by atoms with Crippen LogP contribution in [0, 0.1) is 5.92 Å². The van der Waals surface area contributed by atoms with E-state index in [9.17, 15) is 4.79 Å². The van der Waals surface area contributed by atoms with Crippen LogP contribution in [0.3, 0.4) is 0 Å². The van der Waals surface area contributed by atoms with Crippen LogP contribution in [0.4, 0.5) is 0 Å². The molecule has 1 aromatic rings. The van der Waals surface area contributed by atoms with E-state index >= 15 is 0 Å². The van der Waals surface area contributed by atoms with Crippen LogP contribution in [0.15, 0.2) is 6.20 Å². The Balaban J connectivity index is 2.00. The van der Waals surface area contributed by atoms with Crippen molar-refractivity contribution < 1.29 is 4.79 Å². The second-order valence-electron chi connectivity index (χ2n) is 5.07. The zero-order valence-electron chi connectivity index (χ0n) is 10.7. The van der Waals surface area contributed by atoms with Gasteiger partial charge in [0.1, 0.15) is 11.5 Å². The summed E-state index contributed by atoms with van der Waals surface area (Å²) in [5.74, 6) is 1.43. The highest BCUT2D eigenvalue weighted by atomic mass is 35.5. The van der Waals surface area contributed by atoms with Crippen LogP contribution in [0.1, 0.15) is 55.3 Å². The summed E-state index contributed by atoms with van der Waals surface area (Å²) in [5.41, 5.74) is 0.283. The second-order valence-corrected chi connectivity index (χ2v) is 5.47. The molecule has 1 fully saturated rings. The Labute approximate surface area is 112 Å². The summed E-state index contributed by atoms with van der Waals surface area (Å²) in [6.07, 6.45) is 5.13. The Morgan fingerprint density at radius 2 is 2.28 bits per heavy atom. The fraction of sp³-hybridized carbons (Fsp3) is 0.615. The quantitative estimate of drug-likeness (QED) is 0.893. The summed E-state index contributed by atoms with van der Waals surface area (Å²) >= 11 is 5.96. The van der Waals surface area contributed by atoms with Crippen LogP contribution in [-0.2, 0) is 0 Å². The van der Waals surface area contributed by atoms with E-state index in [-0.39, 0.29) is 17.5 Å². The van der Waals surface area contributed by atoms with Gasteiger partial charge in [0.05, 0.1) is 11.2 Å². The summed E-state index contributed by atoms with van der Waals surface area (Å²) in [5, 5.41) is 3.17. The molecule has 5 heteroatoms. The van der Waals surface area contributed by atoms with Crippen LogP contribution in [0.2, 0.25) is 5.02 Å². The number of carbonyl (C=O) groups excluding carboxylic acids is 1. The Bertz CT molecular complexity index is 444. The molecule has 1 amide bonds. The van der Waals surface area contributed by atoms with Crippen LogP contribution in [0.25, 0.3) is 0 Å². The molecule has 1 saturated carbocycles. The van der Waals surface area contributed by atoms with Gasteiger partial charge in [-0.2, -0.15) is 0 Å². The largest absolute Gasteiger partial charge is 0.351 e. The van der Waals surface area contributed by atoms with Gasteiger partial charge in [0, 0.05) is 12.5 Å². The van der Waals surface area contributed by atoms with Crippen molar-refractivity contribution >= 4 is 17.5 Å². The summed E-state index contributed by atoms with van der Waals surface area (Å²) in [7, 11) is 0. The summed E-state index contributed by atoms with van der Waals surface area (Å²) < 4.78 is 0. The van der Waals surface area contributed by atoms with E-state index in [0.29, 0.717) is 17.4 Å². The Morgan fingerprint density at radius 3 is 2.89 bits per heavy atom. The van der Waals surface area contributed by atoms with Crippen LogP contribution >= 0.6 is 11.6 Å². The Morgan fingerprint density at radius 1 is 1.56 bits per heavy atom. The van der Waals surface area contributed by atoms with Crippen LogP contribution < -0.4 is 5.32 Å². The van der Waals surface area contributed by atoms with Crippen molar-refractivity contribution in [3.8, 4) is 0 Å². The molecule has 0 aliphatic heterocycles. The normalized spacial score (nSPS) is 14.9. The maximum absolute atomic E-state index is 12.0. The molecule has 0 saturated heterocycles. The number of nitrogens with zero attached hydrogens (tertiary/aromatic N) is 2. The Hall–Kier alpha value is -1.16. The SMILES string of the molecule is CC(C)c1ncc(Cl)c(C(=O)NCCC2CC2)n1. The number of carbonyl (C=O) groups is 1. The van der Waals surface area contributed by atoms with E-state index < -0.39 is 0 Å². The van der Waals surface area contributed by atoms with Gasteiger partial charge in [-0.3, -0.25) is 4.79 Å². The van der Waals surface area contributed by atoms with E-state index in [0.717, 1.165) is 12.3 Å². The third-order valence-corrected chi connectivity index (χ3v) is 3.31. The van der Waals surface area contributed by atoms with Gasteiger partial charge >= 0.3 is 0 Å². The molecule has 18 heavy (non-hydrogen) atoms. The van der Waals surface area contributed by atoms with Crippen molar-refractivity contribution in [2.45, 2.75) is 39.0 Å². The third kappa shape index (κ3) is 3.42. The van der Waals surface area contributed by atoms with Gasteiger partial charge in [-0.15, -0.1) is 0 Å². The Kier molecular flexibility index (Phi) is 4.17. The number of amides is 1. The van der Waals surface area contributed by atoms with Crippen molar-refractivity contribution in [3.63, 3.8) is 0 Å². The summed E-state index contributed by atoms with van der Waals surface area (Å²) in [6.45, 7) is 4.66. The van der Waals surface area contributed by atoms with Crippen molar-refractivity contribution in [2.75, 3.05) is 6.54 Å². The predicted molar refractivity (Wildman–Crippen MR) is 70.8 cm³/mol. The first-order chi connectivity index (χ1) is 8.58. The lowest BCUT2D eigenvalue weighted by molar-refractivity contribution is 0.0947. The minimum atomic E-state index is -0.204. The minimum absolute atomic E-state index is 0.181. The summed E-state index contributed by atoms with van der Waals surface area (Å²) in [6, 6.07) is 0. The molecule has 1 heterocycles. The lowest BCUT2D eigenvalue weighted by Gasteiger charge is -2.08. The van der Waals surface area contributed by atoms with Crippen molar-refractivity contribution in [1.82, 2.24) is 15.3 Å². The molecular formula is C13H18ClN3O. The average molecular weight is 268 g/mol. The van der Waals surface area contributed by atoms with Gasteiger partial charge in [-0.25, -0.2) is 9.97 Å². The van der Waals surface area contributed by atoms with Crippen molar-refractivity contribution in [2.24, 2.45) is 5.92 Å². The van der Waals surface area contributed by atoms with Gasteiger partial charge < -0.3 is 5.32 Å². The predicted octanol–water partition coefficient (Wildman–Crippen LogP) is 2.78. The highest BCUT2D eigenvalue weighted by Crippen LogP contribution is 2.31. The molecule has 1 aromatic heterocycles. The number of aromatic nitrogens is 2. The molecule has 1 N–H and O–H groups in total. The number of hydrogen-bond acceptors (Lipinski definition) is 3. The standard InChI is InChI=1S/C13H18ClN3O/c1-8(2)12-16-7-10(14)11(17-12)13(18)15-6-5-9-3-4-9/h7-9H,3-6H2,1-2H3,(H,15,18). The van der Waals surface area contributed by atoms with E-state index in [1.807, 2.05) is 13.8 Å². The van der Waals surface area contributed by atoms with E-state index in [1.54, 1.807) is 0 Å². The highest BCUT2D eigenvalue weighted by Gasteiger charge is 2.21. The zero-order chi connectivity index (χ0) is 13.1. The average Bonchev–Trinajstić information content (AvgIpc) is 3.13. The molecule has 0 atom stereocenters. The molecule has 2 rings (SSSR count). The molecule has 1 aliphatic carbocycles. The fourth-order valence-corrected chi connectivity index (χ4v) is 1.88. The molecule has 0 bridgehead atoms. The fourth-order valence-electron chi connectivity index (χ4n) is 1.70. The molecule has 4 nitrogen and oxygen atoms in total. The maximum atomic E-state index is 12.0. The number of nitrogens with one attached hydrogen (secondary N) is 1. The molecule has 0 unspecified atom stereocenters. The zero-order valence-corrected chi connectivity index (χ0v) is 11.5. The monoisotopic (exact) mass is 267 g/mol. The number of rotatable bonds is 5. The first-order valence-corrected chi connectivity index (χ1v) is 6.76. The lowest BCUT2D eigenvalue weighted by atomic mass is 10.2. The van der Waals surface area contributed by atoms with Gasteiger partial charge in [0.15, 0.2) is 0 Å². The van der Waals surface area contributed by atoms with Crippen LogP contribution in [-0.4, -0.2) is 22.4 Å². The first-order valence-electron chi connectivity index (χ1n) is 6.38. The summed E-state index contributed by atoms with van der Waals surface area (Å²) in [4.78, 5) is 20.3. The smallest absolute Gasteiger partial charge is 0.271 e. The molecule has 98 valence electrons. The maximum Gasteiger partial charge on any atom is 0.271 e. The van der Waals surface area contributed by atoms with E-state index in [2.05, 4.69) is 15.3 Å². The van der Waals surface area contributed by atoms with Gasteiger partial charge in [0.2, 0.25) is 0 Å². The van der Waals surface area contributed by atoms with Crippen LogP contribution in [0.5, 0.6) is 0 Å². The first kappa shape index (κ1) is 13.3. The van der Waals surface area contributed by atoms with Gasteiger partial charge in [0.25, 0.3) is 5.91 Å². The lowest BCUT2D eigenvalue weighted by Crippen LogP contribution is -2.26. The van der Waals surface area contributed by atoms with E-state index in [1.165, 1.54) is 19.0 Å². The molecule has 0 aromatic carbocycles. The minimum Gasteiger partial charge on any atom is -0.351 e. The van der Waals surface area contributed by atoms with Gasteiger partial charge in [-0.05, 0) is 12.3 Å². The van der Waals surface area contributed by atoms with E-state index in [4.69, 9.17) is 11.6 Å². The van der Waals surface area contributed by atoms with Gasteiger partial charge in [-0.1, -0.05) is 38.3 Å². The number of halogens is 1. The highest BCUT2D eigenvalue weighted by molar-refractivity contribution is 6.33. The molecule has 0 spiro atoms. The van der Waals surface area contributed by atoms with Crippen molar-refractivity contribution in [1.29, 1.82) is 0 Å². The molecule has 1 aliphatic rings. The topological polar surface area (TPSA) is 54.9 Å². The van der Waals surface area contributed by atoms with Crippen molar-refractivity contribution in [3.05, 3.63) is 22.7 Å². The number of hydrogen-bond donors (Lipinski definition) is 1.